The van der Waals surface area contributed by atoms with E-state index in [2.05, 4.69) is 9.80 Å². The fourth-order valence-electron chi connectivity index (χ4n) is 3.74. The van der Waals surface area contributed by atoms with E-state index in [1.54, 1.807) is 12.1 Å². The van der Waals surface area contributed by atoms with Crippen molar-refractivity contribution < 1.29 is 18.7 Å². The summed E-state index contributed by atoms with van der Waals surface area (Å²) in [4.78, 5) is 30.6. The number of hydrogen-bond acceptors (Lipinski definition) is 5. The molecule has 2 fully saturated rings. The SMILES string of the molecule is CCOC(=O)C1CCN(CC(=O)N2CCN(c3ccc(F)cc3)CC2)CC1. The first-order valence-electron chi connectivity index (χ1n) is 9.74. The molecule has 2 aliphatic heterocycles. The van der Waals surface area contributed by atoms with Gasteiger partial charge in [0.15, 0.2) is 0 Å². The van der Waals surface area contributed by atoms with Gasteiger partial charge in [0.1, 0.15) is 5.82 Å². The average molecular weight is 377 g/mol. The van der Waals surface area contributed by atoms with Crippen LogP contribution in [0.15, 0.2) is 24.3 Å². The summed E-state index contributed by atoms with van der Waals surface area (Å²) in [5.74, 6) is -0.237. The van der Waals surface area contributed by atoms with Crippen LogP contribution in [-0.2, 0) is 14.3 Å². The summed E-state index contributed by atoms with van der Waals surface area (Å²) in [6.45, 7) is 7.01. The summed E-state index contributed by atoms with van der Waals surface area (Å²) in [6.07, 6.45) is 1.51. The van der Waals surface area contributed by atoms with Gasteiger partial charge >= 0.3 is 5.97 Å². The number of ether oxygens (including phenoxy) is 1. The molecule has 6 nitrogen and oxygen atoms in total. The summed E-state index contributed by atoms with van der Waals surface area (Å²) >= 11 is 0. The molecule has 0 bridgehead atoms. The summed E-state index contributed by atoms with van der Waals surface area (Å²) in [6, 6.07) is 6.49. The molecule has 3 rings (SSSR count). The Bertz CT molecular complexity index is 636. The molecule has 0 saturated carbocycles. The van der Waals surface area contributed by atoms with Crippen molar-refractivity contribution in [2.24, 2.45) is 5.92 Å². The van der Waals surface area contributed by atoms with E-state index < -0.39 is 0 Å². The van der Waals surface area contributed by atoms with E-state index in [0.29, 0.717) is 26.2 Å². The van der Waals surface area contributed by atoms with Gasteiger partial charge in [-0.25, -0.2) is 4.39 Å². The lowest BCUT2D eigenvalue weighted by molar-refractivity contribution is -0.149. The van der Waals surface area contributed by atoms with Crippen molar-refractivity contribution in [3.05, 3.63) is 30.1 Å². The molecule has 0 aromatic heterocycles. The van der Waals surface area contributed by atoms with Gasteiger partial charge in [-0.15, -0.1) is 0 Å². The minimum absolute atomic E-state index is 0.0319. The number of piperidine rings is 1. The molecule has 0 spiro atoms. The van der Waals surface area contributed by atoms with Crippen LogP contribution in [0.25, 0.3) is 0 Å². The summed E-state index contributed by atoms with van der Waals surface area (Å²) < 4.78 is 18.1. The van der Waals surface area contributed by atoms with E-state index in [1.807, 2.05) is 11.8 Å². The van der Waals surface area contributed by atoms with E-state index in [-0.39, 0.29) is 23.6 Å². The zero-order chi connectivity index (χ0) is 19.2. The zero-order valence-electron chi connectivity index (χ0n) is 15.9. The second-order valence-electron chi connectivity index (χ2n) is 7.15. The lowest BCUT2D eigenvalue weighted by Crippen LogP contribution is -2.52. The monoisotopic (exact) mass is 377 g/mol. The van der Waals surface area contributed by atoms with Crippen molar-refractivity contribution in [2.45, 2.75) is 19.8 Å². The highest BCUT2D eigenvalue weighted by Crippen LogP contribution is 2.20. The van der Waals surface area contributed by atoms with Crippen molar-refractivity contribution in [3.63, 3.8) is 0 Å². The summed E-state index contributed by atoms with van der Waals surface area (Å²) in [5.41, 5.74) is 0.990. The lowest BCUT2D eigenvalue weighted by Gasteiger charge is -2.37. The van der Waals surface area contributed by atoms with Gasteiger partial charge in [0.05, 0.1) is 19.1 Å². The molecule has 0 aliphatic carbocycles. The van der Waals surface area contributed by atoms with Crippen LogP contribution in [0.1, 0.15) is 19.8 Å². The van der Waals surface area contributed by atoms with Gasteiger partial charge < -0.3 is 14.5 Å². The van der Waals surface area contributed by atoms with Gasteiger partial charge in [-0.3, -0.25) is 14.5 Å². The smallest absolute Gasteiger partial charge is 0.309 e. The minimum atomic E-state index is -0.237. The van der Waals surface area contributed by atoms with Gasteiger partial charge in [0, 0.05) is 31.9 Å². The quantitative estimate of drug-likeness (QED) is 0.732. The molecule has 1 amide bonds. The van der Waals surface area contributed by atoms with Crippen LogP contribution in [-0.4, -0.2) is 74.1 Å². The number of carbonyl (C=O) groups is 2. The number of hydrogen-bond donors (Lipinski definition) is 0. The van der Waals surface area contributed by atoms with E-state index in [1.165, 1.54) is 12.1 Å². The van der Waals surface area contributed by atoms with E-state index in [4.69, 9.17) is 4.74 Å². The average Bonchev–Trinajstić information content (AvgIpc) is 2.69. The van der Waals surface area contributed by atoms with Crippen LogP contribution in [0, 0.1) is 11.7 Å². The Morgan fingerprint density at radius 1 is 1.04 bits per heavy atom. The second-order valence-corrected chi connectivity index (χ2v) is 7.15. The Morgan fingerprint density at radius 3 is 2.26 bits per heavy atom. The number of piperazine rings is 1. The maximum atomic E-state index is 13.0. The maximum Gasteiger partial charge on any atom is 0.309 e. The van der Waals surface area contributed by atoms with Crippen LogP contribution in [0.2, 0.25) is 0 Å². The molecule has 0 unspecified atom stereocenters. The molecular formula is C20H28FN3O3. The van der Waals surface area contributed by atoms with Gasteiger partial charge in [-0.2, -0.15) is 0 Å². The fourth-order valence-corrected chi connectivity index (χ4v) is 3.74. The third-order valence-corrected chi connectivity index (χ3v) is 5.39. The number of carbonyl (C=O) groups excluding carboxylic acids is 2. The molecule has 1 aromatic rings. The molecule has 1 aromatic carbocycles. The van der Waals surface area contributed by atoms with E-state index in [9.17, 15) is 14.0 Å². The molecule has 27 heavy (non-hydrogen) atoms. The highest BCUT2D eigenvalue weighted by molar-refractivity contribution is 5.78. The number of rotatable bonds is 5. The summed E-state index contributed by atoms with van der Waals surface area (Å²) in [7, 11) is 0. The molecule has 148 valence electrons. The third kappa shape index (κ3) is 5.19. The molecule has 0 atom stereocenters. The number of nitrogens with zero attached hydrogens (tertiary/aromatic N) is 3. The number of halogens is 1. The lowest BCUT2D eigenvalue weighted by atomic mass is 9.97. The Hall–Kier alpha value is -2.15. The van der Waals surface area contributed by atoms with Crippen LogP contribution >= 0.6 is 0 Å². The number of amides is 1. The van der Waals surface area contributed by atoms with Crippen molar-refractivity contribution >= 4 is 17.6 Å². The van der Waals surface area contributed by atoms with Gasteiger partial charge in [-0.1, -0.05) is 0 Å². The van der Waals surface area contributed by atoms with E-state index in [0.717, 1.165) is 44.7 Å². The van der Waals surface area contributed by atoms with E-state index >= 15 is 0 Å². The number of benzene rings is 1. The van der Waals surface area contributed by atoms with Gasteiger partial charge in [0.2, 0.25) is 5.91 Å². The maximum absolute atomic E-state index is 13.0. The van der Waals surface area contributed by atoms with Crippen LogP contribution in [0.5, 0.6) is 0 Å². The number of anilines is 1. The van der Waals surface area contributed by atoms with Crippen molar-refractivity contribution in [1.29, 1.82) is 0 Å². The van der Waals surface area contributed by atoms with Crippen molar-refractivity contribution in [1.82, 2.24) is 9.80 Å². The first-order valence-corrected chi connectivity index (χ1v) is 9.74. The highest BCUT2D eigenvalue weighted by atomic mass is 19.1. The highest BCUT2D eigenvalue weighted by Gasteiger charge is 2.28. The zero-order valence-corrected chi connectivity index (χ0v) is 15.9. The van der Waals surface area contributed by atoms with Crippen LogP contribution in [0.3, 0.4) is 0 Å². The Balaban J connectivity index is 1.41. The molecule has 2 saturated heterocycles. The standard InChI is InChI=1S/C20H28FN3O3/c1-2-27-20(26)16-7-9-22(10-8-16)15-19(25)24-13-11-23(12-14-24)18-5-3-17(21)4-6-18/h3-6,16H,2,7-15H2,1H3. The molecule has 0 N–H and O–H groups in total. The topological polar surface area (TPSA) is 53.1 Å². The first kappa shape index (κ1) is 19.6. The van der Waals surface area contributed by atoms with Crippen LogP contribution in [0.4, 0.5) is 10.1 Å². The largest absolute Gasteiger partial charge is 0.466 e. The minimum Gasteiger partial charge on any atom is -0.466 e. The molecule has 0 radical (unpaired) electrons. The normalized spacial score (nSPS) is 19.2. The van der Waals surface area contributed by atoms with Crippen LogP contribution < -0.4 is 4.90 Å². The predicted molar refractivity (Wildman–Crippen MR) is 101 cm³/mol. The molecular weight excluding hydrogens is 349 g/mol. The number of esters is 1. The predicted octanol–water partition coefficient (Wildman–Crippen LogP) is 1.75. The molecule has 2 heterocycles. The van der Waals surface area contributed by atoms with Gasteiger partial charge in [0.25, 0.3) is 0 Å². The first-order chi connectivity index (χ1) is 13.1. The summed E-state index contributed by atoms with van der Waals surface area (Å²) in [5, 5.41) is 0. The second kappa shape index (κ2) is 9.17. The van der Waals surface area contributed by atoms with Crippen molar-refractivity contribution in [3.8, 4) is 0 Å². The molecule has 7 heteroatoms. The van der Waals surface area contributed by atoms with Crippen molar-refractivity contribution in [2.75, 3.05) is 57.3 Å². The van der Waals surface area contributed by atoms with Gasteiger partial charge in [-0.05, 0) is 57.1 Å². The Morgan fingerprint density at radius 2 is 1.67 bits per heavy atom. The number of likely N-dealkylation sites (tertiary alicyclic amines) is 1. The molecule has 2 aliphatic rings. The third-order valence-electron chi connectivity index (χ3n) is 5.39. The Kier molecular flexibility index (Phi) is 6.66. The Labute approximate surface area is 159 Å². The fraction of sp³-hybridized carbons (Fsp3) is 0.600.